The highest BCUT2D eigenvalue weighted by Crippen LogP contribution is 2.42. The fourth-order valence-corrected chi connectivity index (χ4v) is 2.48. The number of phenols is 1. The summed E-state index contributed by atoms with van der Waals surface area (Å²) in [6.07, 6.45) is 0. The predicted octanol–water partition coefficient (Wildman–Crippen LogP) is 3.06. The van der Waals surface area contributed by atoms with Crippen molar-refractivity contribution >= 4 is 5.97 Å². The summed E-state index contributed by atoms with van der Waals surface area (Å²) in [6, 6.07) is 10.9. The van der Waals surface area contributed by atoms with E-state index in [2.05, 4.69) is 0 Å². The number of aryl methyl sites for hydroxylation is 2. The zero-order valence-electron chi connectivity index (χ0n) is 10.8. The highest BCUT2D eigenvalue weighted by molar-refractivity contribution is 5.90. The van der Waals surface area contributed by atoms with Gasteiger partial charge in [-0.1, -0.05) is 35.4 Å². The summed E-state index contributed by atoms with van der Waals surface area (Å²) in [5.41, 5.74) is 3.50. The van der Waals surface area contributed by atoms with E-state index in [1.807, 2.05) is 38.1 Å². The van der Waals surface area contributed by atoms with Crippen LogP contribution in [-0.2, 0) is 4.79 Å². The Morgan fingerprint density at radius 2 is 1.63 bits per heavy atom. The van der Waals surface area contributed by atoms with Gasteiger partial charge in [0.25, 0.3) is 0 Å². The lowest BCUT2D eigenvalue weighted by Crippen LogP contribution is -2.11. The third-order valence-electron chi connectivity index (χ3n) is 3.42. The van der Waals surface area contributed by atoms with Crippen LogP contribution in [0.2, 0.25) is 0 Å². The van der Waals surface area contributed by atoms with Crippen LogP contribution in [-0.4, -0.2) is 11.1 Å². The third-order valence-corrected chi connectivity index (χ3v) is 3.42. The van der Waals surface area contributed by atoms with E-state index >= 15 is 0 Å². The van der Waals surface area contributed by atoms with E-state index in [1.165, 1.54) is 0 Å². The summed E-state index contributed by atoms with van der Waals surface area (Å²) in [5.74, 6) is -0.153. The molecule has 0 aliphatic carbocycles. The van der Waals surface area contributed by atoms with Gasteiger partial charge in [0, 0.05) is 11.1 Å². The normalized spacial score (nSPS) is 17.2. The zero-order chi connectivity index (χ0) is 13.6. The second-order valence-electron chi connectivity index (χ2n) is 4.96. The summed E-state index contributed by atoms with van der Waals surface area (Å²) in [5, 5.41) is 10.0. The van der Waals surface area contributed by atoms with Crippen LogP contribution in [0.4, 0.5) is 0 Å². The van der Waals surface area contributed by atoms with Crippen LogP contribution in [0.5, 0.6) is 11.5 Å². The molecule has 0 aromatic heterocycles. The van der Waals surface area contributed by atoms with E-state index in [1.54, 1.807) is 12.1 Å². The number of benzene rings is 2. The van der Waals surface area contributed by atoms with Crippen LogP contribution in [0.3, 0.4) is 0 Å². The van der Waals surface area contributed by atoms with Gasteiger partial charge in [-0.25, -0.2) is 0 Å². The van der Waals surface area contributed by atoms with Crippen LogP contribution in [0.1, 0.15) is 28.2 Å². The first-order valence-corrected chi connectivity index (χ1v) is 6.18. The Morgan fingerprint density at radius 3 is 2.37 bits per heavy atom. The number of fused-ring (bicyclic) bond motifs is 1. The number of aromatic hydroxyl groups is 1. The number of ether oxygens (including phenoxy) is 1. The molecule has 1 atom stereocenters. The molecule has 0 spiro atoms. The molecule has 0 amide bonds. The average molecular weight is 254 g/mol. The molecule has 0 saturated carbocycles. The minimum absolute atomic E-state index is 0.127. The minimum Gasteiger partial charge on any atom is -0.508 e. The van der Waals surface area contributed by atoms with Crippen LogP contribution < -0.4 is 4.74 Å². The molecular weight excluding hydrogens is 240 g/mol. The second kappa shape index (κ2) is 4.12. The average Bonchev–Trinajstić information content (AvgIpc) is 2.68. The van der Waals surface area contributed by atoms with E-state index in [9.17, 15) is 9.90 Å². The van der Waals surface area contributed by atoms with Gasteiger partial charge in [-0.3, -0.25) is 4.79 Å². The van der Waals surface area contributed by atoms with Crippen LogP contribution in [0.15, 0.2) is 36.4 Å². The maximum absolute atomic E-state index is 12.1. The van der Waals surface area contributed by atoms with Gasteiger partial charge in [0.2, 0.25) is 0 Å². The highest BCUT2D eigenvalue weighted by Gasteiger charge is 2.36. The van der Waals surface area contributed by atoms with Gasteiger partial charge in [0.1, 0.15) is 17.4 Å². The molecule has 1 N–H and O–H groups in total. The van der Waals surface area contributed by atoms with Crippen molar-refractivity contribution in [3.05, 3.63) is 58.7 Å². The number of esters is 1. The van der Waals surface area contributed by atoms with E-state index in [4.69, 9.17) is 4.74 Å². The fraction of sp³-hybridized carbons (Fsp3) is 0.188. The highest BCUT2D eigenvalue weighted by atomic mass is 16.5. The first-order valence-electron chi connectivity index (χ1n) is 6.18. The minimum atomic E-state index is -0.533. The molecule has 0 bridgehead atoms. The topological polar surface area (TPSA) is 46.5 Å². The SMILES string of the molecule is Cc1ccc(O)c(C2C(=O)Oc3ccc(C)cc32)c1. The molecule has 0 saturated heterocycles. The van der Waals surface area contributed by atoms with Gasteiger partial charge >= 0.3 is 5.97 Å². The summed E-state index contributed by atoms with van der Waals surface area (Å²) < 4.78 is 5.27. The quantitative estimate of drug-likeness (QED) is 0.628. The maximum Gasteiger partial charge on any atom is 0.323 e. The van der Waals surface area contributed by atoms with Crippen molar-refractivity contribution in [3.8, 4) is 11.5 Å². The Hall–Kier alpha value is -2.29. The Morgan fingerprint density at radius 1 is 1.00 bits per heavy atom. The molecule has 3 nitrogen and oxygen atoms in total. The van der Waals surface area contributed by atoms with Crippen molar-refractivity contribution in [1.29, 1.82) is 0 Å². The van der Waals surface area contributed by atoms with E-state index in [0.29, 0.717) is 11.3 Å². The Balaban J connectivity index is 2.19. The van der Waals surface area contributed by atoms with Crippen molar-refractivity contribution in [1.82, 2.24) is 0 Å². The fourth-order valence-electron chi connectivity index (χ4n) is 2.48. The largest absolute Gasteiger partial charge is 0.508 e. The van der Waals surface area contributed by atoms with Crippen molar-refractivity contribution in [2.24, 2.45) is 0 Å². The molecule has 2 aromatic carbocycles. The van der Waals surface area contributed by atoms with Crippen LogP contribution >= 0.6 is 0 Å². The molecule has 19 heavy (non-hydrogen) atoms. The lowest BCUT2D eigenvalue weighted by molar-refractivity contribution is -0.133. The predicted molar refractivity (Wildman–Crippen MR) is 71.5 cm³/mol. The second-order valence-corrected chi connectivity index (χ2v) is 4.96. The molecule has 3 rings (SSSR count). The number of rotatable bonds is 1. The third kappa shape index (κ3) is 1.87. The van der Waals surface area contributed by atoms with Gasteiger partial charge in [-0.15, -0.1) is 0 Å². The number of carbonyl (C=O) groups excluding carboxylic acids is 1. The summed E-state index contributed by atoms with van der Waals surface area (Å²) in [7, 11) is 0. The molecule has 1 heterocycles. The first-order chi connectivity index (χ1) is 9.06. The summed E-state index contributed by atoms with van der Waals surface area (Å²) in [6.45, 7) is 3.90. The molecule has 1 aliphatic heterocycles. The zero-order valence-corrected chi connectivity index (χ0v) is 10.8. The van der Waals surface area contributed by atoms with E-state index < -0.39 is 5.92 Å². The number of hydrogen-bond donors (Lipinski definition) is 1. The Bertz CT molecular complexity index is 674. The molecule has 1 unspecified atom stereocenters. The molecule has 0 radical (unpaired) electrons. The Kier molecular flexibility index (Phi) is 2.56. The van der Waals surface area contributed by atoms with Gasteiger partial charge in [0.05, 0.1) is 0 Å². The molecule has 2 aromatic rings. The van der Waals surface area contributed by atoms with Crippen LogP contribution in [0.25, 0.3) is 0 Å². The molecule has 3 heteroatoms. The van der Waals surface area contributed by atoms with E-state index in [-0.39, 0.29) is 11.7 Å². The van der Waals surface area contributed by atoms with Crippen molar-refractivity contribution in [2.45, 2.75) is 19.8 Å². The monoisotopic (exact) mass is 254 g/mol. The van der Waals surface area contributed by atoms with Crippen molar-refractivity contribution in [2.75, 3.05) is 0 Å². The van der Waals surface area contributed by atoms with Gasteiger partial charge in [-0.05, 0) is 26.0 Å². The molecular formula is C16H14O3. The van der Waals surface area contributed by atoms with Gasteiger partial charge in [-0.2, -0.15) is 0 Å². The van der Waals surface area contributed by atoms with Crippen LogP contribution in [0, 0.1) is 13.8 Å². The standard InChI is InChI=1S/C16H14O3/c1-9-3-5-13(17)11(7-9)15-12-8-10(2)4-6-14(12)19-16(15)18/h3-8,15,17H,1-2H3. The molecule has 0 fully saturated rings. The summed E-state index contributed by atoms with van der Waals surface area (Å²) >= 11 is 0. The maximum atomic E-state index is 12.1. The van der Waals surface area contributed by atoms with E-state index in [0.717, 1.165) is 16.7 Å². The van der Waals surface area contributed by atoms with Gasteiger partial charge < -0.3 is 9.84 Å². The number of carbonyl (C=O) groups is 1. The first kappa shape index (κ1) is 11.8. The Labute approximate surface area is 111 Å². The molecule has 96 valence electrons. The lowest BCUT2D eigenvalue weighted by Gasteiger charge is -2.11. The lowest BCUT2D eigenvalue weighted by atomic mass is 9.90. The number of phenolic OH excluding ortho intramolecular Hbond substituents is 1. The van der Waals surface area contributed by atoms with Crippen molar-refractivity contribution in [3.63, 3.8) is 0 Å². The number of hydrogen-bond acceptors (Lipinski definition) is 3. The smallest absolute Gasteiger partial charge is 0.323 e. The van der Waals surface area contributed by atoms with Gasteiger partial charge in [0.15, 0.2) is 0 Å². The summed E-state index contributed by atoms with van der Waals surface area (Å²) in [4.78, 5) is 12.1. The van der Waals surface area contributed by atoms with Crippen molar-refractivity contribution < 1.29 is 14.6 Å². The molecule has 1 aliphatic rings.